The van der Waals surface area contributed by atoms with Crippen molar-refractivity contribution < 1.29 is 23.7 Å². The van der Waals surface area contributed by atoms with Gasteiger partial charge in [0.05, 0.1) is 34.3 Å². The number of hydrogen-bond acceptors (Lipinski definition) is 8. The molecule has 0 spiro atoms. The average Bonchev–Trinajstić information content (AvgIpc) is 2.79. The van der Waals surface area contributed by atoms with Crippen LogP contribution in [-0.2, 0) is 6.61 Å². The number of nitrogens with one attached hydrogen (secondary N) is 1. The Balaban J connectivity index is 1.78. The smallest absolute Gasteiger partial charge is 0.301 e. The van der Waals surface area contributed by atoms with Crippen molar-refractivity contribution in [2.45, 2.75) is 6.61 Å². The van der Waals surface area contributed by atoms with Gasteiger partial charge in [-0.05, 0) is 29.8 Å². The van der Waals surface area contributed by atoms with Gasteiger partial charge in [-0.3, -0.25) is 25.7 Å². The lowest BCUT2D eigenvalue weighted by Crippen LogP contribution is -2.01. The van der Waals surface area contributed by atoms with E-state index in [4.69, 9.17) is 21.1 Å². The second-order valence-corrected chi connectivity index (χ2v) is 6.91. The fourth-order valence-electron chi connectivity index (χ4n) is 2.78. The van der Waals surface area contributed by atoms with E-state index in [1.165, 1.54) is 31.5 Å². The zero-order valence-corrected chi connectivity index (χ0v) is 17.8. The molecule has 0 saturated heterocycles. The molecule has 3 rings (SSSR count). The van der Waals surface area contributed by atoms with E-state index >= 15 is 0 Å². The van der Waals surface area contributed by atoms with Gasteiger partial charge in [0.2, 0.25) is 0 Å². The highest BCUT2D eigenvalue weighted by Gasteiger charge is 2.19. The van der Waals surface area contributed by atoms with E-state index in [2.05, 4.69) is 10.5 Å². The van der Waals surface area contributed by atoms with Crippen LogP contribution in [0.25, 0.3) is 0 Å². The van der Waals surface area contributed by atoms with Gasteiger partial charge in [-0.1, -0.05) is 29.8 Å². The third-order valence-electron chi connectivity index (χ3n) is 4.37. The molecule has 33 heavy (non-hydrogen) atoms. The van der Waals surface area contributed by atoms with Crippen LogP contribution in [0.1, 0.15) is 11.1 Å². The summed E-state index contributed by atoms with van der Waals surface area (Å²) < 4.78 is 24.8. The maximum atomic E-state index is 13.8. The van der Waals surface area contributed by atoms with Crippen molar-refractivity contribution in [3.05, 3.63) is 96.8 Å². The molecule has 0 heterocycles. The van der Waals surface area contributed by atoms with E-state index in [0.717, 1.165) is 12.1 Å². The lowest BCUT2D eigenvalue weighted by atomic mass is 10.2. The van der Waals surface area contributed by atoms with Crippen LogP contribution >= 0.6 is 11.6 Å². The molecular formula is C21H16ClFN4O6. The predicted octanol–water partition coefficient (Wildman–Crippen LogP) is 5.33. The molecule has 3 aromatic carbocycles. The number of nitrogens with zero attached hydrogens (tertiary/aromatic N) is 3. The van der Waals surface area contributed by atoms with Gasteiger partial charge < -0.3 is 9.47 Å². The van der Waals surface area contributed by atoms with Crippen molar-refractivity contribution in [1.82, 2.24) is 0 Å². The number of ether oxygens (including phenoxy) is 2. The first kappa shape index (κ1) is 23.4. The first-order valence-corrected chi connectivity index (χ1v) is 9.63. The molecule has 3 aromatic rings. The topological polar surface area (TPSA) is 129 Å². The maximum Gasteiger partial charge on any atom is 0.301 e. The van der Waals surface area contributed by atoms with Crippen LogP contribution in [0.4, 0.5) is 21.5 Å². The highest BCUT2D eigenvalue weighted by atomic mass is 35.5. The summed E-state index contributed by atoms with van der Waals surface area (Å²) in [5.41, 5.74) is 2.33. The highest BCUT2D eigenvalue weighted by Crippen LogP contribution is 2.37. The summed E-state index contributed by atoms with van der Waals surface area (Å²) in [7, 11) is 1.40. The SMILES string of the molecule is COc1cc(/C=N/Nc2ccc([N+](=O)[O-])cc2[N+](=O)[O-])cc(Cl)c1OCc1ccccc1F. The molecule has 0 unspecified atom stereocenters. The monoisotopic (exact) mass is 474 g/mol. The average molecular weight is 475 g/mol. The number of anilines is 1. The molecule has 0 fully saturated rings. The quantitative estimate of drug-likeness (QED) is 0.252. The molecular weight excluding hydrogens is 459 g/mol. The van der Waals surface area contributed by atoms with E-state index in [0.29, 0.717) is 11.1 Å². The van der Waals surface area contributed by atoms with Crippen LogP contribution in [0.5, 0.6) is 11.5 Å². The number of halogens is 2. The molecule has 0 aliphatic heterocycles. The Kier molecular flexibility index (Phi) is 7.36. The van der Waals surface area contributed by atoms with E-state index in [9.17, 15) is 24.6 Å². The fraction of sp³-hybridized carbons (Fsp3) is 0.0952. The first-order chi connectivity index (χ1) is 15.8. The summed E-state index contributed by atoms with van der Waals surface area (Å²) >= 11 is 6.30. The van der Waals surface area contributed by atoms with Crippen LogP contribution in [0.2, 0.25) is 5.02 Å². The maximum absolute atomic E-state index is 13.8. The van der Waals surface area contributed by atoms with Gasteiger partial charge in [-0.15, -0.1) is 0 Å². The van der Waals surface area contributed by atoms with E-state index in [1.54, 1.807) is 24.3 Å². The molecule has 170 valence electrons. The molecule has 0 amide bonds. The summed E-state index contributed by atoms with van der Waals surface area (Å²) in [6.45, 7) is -0.0679. The summed E-state index contributed by atoms with van der Waals surface area (Å²) in [5, 5.41) is 26.1. The molecule has 0 atom stereocenters. The van der Waals surface area contributed by atoms with Crippen molar-refractivity contribution in [1.29, 1.82) is 0 Å². The minimum Gasteiger partial charge on any atom is -0.493 e. The minimum atomic E-state index is -0.757. The number of methoxy groups -OCH3 is 1. The molecule has 0 saturated carbocycles. The van der Waals surface area contributed by atoms with Crippen LogP contribution < -0.4 is 14.9 Å². The van der Waals surface area contributed by atoms with Gasteiger partial charge in [0.1, 0.15) is 18.1 Å². The second-order valence-electron chi connectivity index (χ2n) is 6.50. The third kappa shape index (κ3) is 5.71. The standard InChI is InChI=1S/C21H16ClFN4O6/c1-32-20-9-13(8-16(22)21(20)33-12-14-4-2-3-5-17(14)23)11-24-25-18-7-6-15(26(28)29)10-19(18)27(30)31/h2-11,25H,12H2,1H3/b24-11+. The third-order valence-corrected chi connectivity index (χ3v) is 4.65. The van der Waals surface area contributed by atoms with Crippen LogP contribution in [0.3, 0.4) is 0 Å². The summed E-state index contributed by atoms with van der Waals surface area (Å²) in [5.74, 6) is 0.0582. The number of non-ortho nitro benzene ring substituents is 1. The Morgan fingerprint density at radius 2 is 1.88 bits per heavy atom. The Hall–Kier alpha value is -4.25. The predicted molar refractivity (Wildman–Crippen MR) is 120 cm³/mol. The molecule has 10 nitrogen and oxygen atoms in total. The van der Waals surface area contributed by atoms with Crippen LogP contribution in [-0.4, -0.2) is 23.2 Å². The highest BCUT2D eigenvalue weighted by molar-refractivity contribution is 6.32. The minimum absolute atomic E-state index is 0.0373. The Morgan fingerprint density at radius 1 is 1.12 bits per heavy atom. The number of hydrazone groups is 1. The molecule has 1 N–H and O–H groups in total. The van der Waals surface area contributed by atoms with Crippen molar-refractivity contribution >= 4 is 34.9 Å². The number of nitro benzene ring substituents is 2. The van der Waals surface area contributed by atoms with Crippen molar-refractivity contribution in [3.63, 3.8) is 0 Å². The zero-order chi connectivity index (χ0) is 24.0. The largest absolute Gasteiger partial charge is 0.493 e. The summed E-state index contributed by atoms with van der Waals surface area (Å²) in [6.07, 6.45) is 1.32. The lowest BCUT2D eigenvalue weighted by Gasteiger charge is -2.13. The van der Waals surface area contributed by atoms with E-state index in [-0.39, 0.29) is 28.8 Å². The summed E-state index contributed by atoms with van der Waals surface area (Å²) in [4.78, 5) is 20.5. The van der Waals surface area contributed by atoms with E-state index < -0.39 is 27.0 Å². The molecule has 0 radical (unpaired) electrons. The van der Waals surface area contributed by atoms with Gasteiger partial charge in [0, 0.05) is 11.6 Å². The molecule has 0 aliphatic carbocycles. The lowest BCUT2D eigenvalue weighted by molar-refractivity contribution is -0.393. The normalized spacial score (nSPS) is 10.8. The number of hydrogen-bond donors (Lipinski definition) is 1. The van der Waals surface area contributed by atoms with E-state index in [1.807, 2.05) is 0 Å². The zero-order valence-electron chi connectivity index (χ0n) is 17.0. The van der Waals surface area contributed by atoms with Gasteiger partial charge in [0.15, 0.2) is 11.5 Å². The van der Waals surface area contributed by atoms with Gasteiger partial charge >= 0.3 is 5.69 Å². The van der Waals surface area contributed by atoms with Gasteiger partial charge in [-0.25, -0.2) is 4.39 Å². The second kappa shape index (κ2) is 10.4. The van der Waals surface area contributed by atoms with Crippen LogP contribution in [0.15, 0.2) is 59.7 Å². The number of nitro groups is 2. The Bertz CT molecular complexity index is 1240. The molecule has 0 aliphatic rings. The van der Waals surface area contributed by atoms with Crippen molar-refractivity contribution in [3.8, 4) is 11.5 Å². The molecule has 0 bridgehead atoms. The first-order valence-electron chi connectivity index (χ1n) is 9.25. The number of rotatable bonds is 9. The van der Waals surface area contributed by atoms with Gasteiger partial charge in [0.25, 0.3) is 5.69 Å². The van der Waals surface area contributed by atoms with Gasteiger partial charge in [-0.2, -0.15) is 5.10 Å². The fourth-order valence-corrected chi connectivity index (χ4v) is 3.05. The molecule has 12 heteroatoms. The Morgan fingerprint density at radius 3 is 2.55 bits per heavy atom. The number of benzene rings is 3. The van der Waals surface area contributed by atoms with Crippen molar-refractivity contribution in [2.24, 2.45) is 5.10 Å². The summed E-state index contributed by atoms with van der Waals surface area (Å²) in [6, 6.07) is 12.3. The molecule has 0 aromatic heterocycles. The Labute approximate surface area is 191 Å². The van der Waals surface area contributed by atoms with Crippen LogP contribution in [0, 0.1) is 26.0 Å². The van der Waals surface area contributed by atoms with Crippen molar-refractivity contribution in [2.75, 3.05) is 12.5 Å².